The molecule has 0 saturated heterocycles. The van der Waals surface area contributed by atoms with E-state index in [-0.39, 0.29) is 11.9 Å². The fraction of sp³-hybridized carbons (Fsp3) is 0.647. The first kappa shape index (κ1) is 11.9. The van der Waals surface area contributed by atoms with Gasteiger partial charge in [-0.05, 0) is 79.4 Å². The minimum atomic E-state index is -0.0768. The predicted octanol–water partition coefficient (Wildman–Crippen LogP) is 3.73. The number of benzene rings is 1. The van der Waals surface area contributed by atoms with Gasteiger partial charge in [-0.2, -0.15) is 0 Å². The Morgan fingerprint density at radius 1 is 1.11 bits per heavy atom. The molecule has 5 unspecified atom stereocenters. The molecule has 3 aliphatic rings. The summed E-state index contributed by atoms with van der Waals surface area (Å²) in [5.74, 6) is 4.28. The molecular formula is C17H22FN. The van der Waals surface area contributed by atoms with E-state index in [2.05, 4.69) is 0 Å². The highest BCUT2D eigenvalue weighted by atomic mass is 19.1. The lowest BCUT2D eigenvalue weighted by Crippen LogP contribution is -2.18. The highest BCUT2D eigenvalue weighted by Crippen LogP contribution is 2.71. The normalized spacial score (nSPS) is 40.3. The Labute approximate surface area is 114 Å². The first-order valence-electron chi connectivity index (χ1n) is 7.60. The fourth-order valence-electron chi connectivity index (χ4n) is 5.27. The third kappa shape index (κ3) is 1.56. The van der Waals surface area contributed by atoms with Crippen LogP contribution in [0.25, 0.3) is 0 Å². The topological polar surface area (TPSA) is 26.0 Å². The number of hydrogen-bond donors (Lipinski definition) is 1. The number of rotatable bonds is 2. The number of aryl methyl sites for hydroxylation is 2. The molecule has 1 aromatic carbocycles. The second-order valence-electron chi connectivity index (χ2n) is 7.06. The van der Waals surface area contributed by atoms with Gasteiger partial charge in [-0.25, -0.2) is 4.39 Å². The Morgan fingerprint density at radius 3 is 2.16 bits per heavy atom. The van der Waals surface area contributed by atoms with Crippen LogP contribution in [-0.4, -0.2) is 0 Å². The van der Waals surface area contributed by atoms with E-state index >= 15 is 0 Å². The molecule has 1 aromatic rings. The van der Waals surface area contributed by atoms with Crippen molar-refractivity contribution < 1.29 is 4.39 Å². The van der Waals surface area contributed by atoms with Gasteiger partial charge in [-0.15, -0.1) is 0 Å². The van der Waals surface area contributed by atoms with Gasteiger partial charge in [0.05, 0.1) is 0 Å². The van der Waals surface area contributed by atoms with Crippen LogP contribution in [-0.2, 0) is 0 Å². The molecule has 2 heteroatoms. The lowest BCUT2D eigenvalue weighted by atomic mass is 9.92. The first-order chi connectivity index (χ1) is 9.08. The summed E-state index contributed by atoms with van der Waals surface area (Å²) in [6.45, 7) is 3.69. The highest BCUT2D eigenvalue weighted by Gasteiger charge is 2.66. The van der Waals surface area contributed by atoms with Crippen molar-refractivity contribution in [2.45, 2.75) is 39.2 Å². The maximum absolute atomic E-state index is 13.7. The Morgan fingerprint density at radius 2 is 1.63 bits per heavy atom. The minimum absolute atomic E-state index is 0.0768. The van der Waals surface area contributed by atoms with Crippen molar-refractivity contribution in [3.05, 3.63) is 34.6 Å². The first-order valence-corrected chi connectivity index (χ1v) is 7.60. The van der Waals surface area contributed by atoms with E-state index in [0.717, 1.165) is 40.4 Å². The number of halogens is 1. The molecule has 0 spiro atoms. The Bertz CT molecular complexity index is 499. The van der Waals surface area contributed by atoms with Gasteiger partial charge in [0.2, 0.25) is 0 Å². The van der Waals surface area contributed by atoms with Gasteiger partial charge in [-0.1, -0.05) is 12.1 Å². The molecule has 2 N–H and O–H groups in total. The molecule has 0 aromatic heterocycles. The van der Waals surface area contributed by atoms with Crippen molar-refractivity contribution in [2.24, 2.45) is 35.3 Å². The van der Waals surface area contributed by atoms with Crippen LogP contribution in [0.2, 0.25) is 0 Å². The van der Waals surface area contributed by atoms with Gasteiger partial charge < -0.3 is 5.73 Å². The van der Waals surface area contributed by atoms with E-state index in [0.29, 0.717) is 5.92 Å². The van der Waals surface area contributed by atoms with Crippen LogP contribution in [0.15, 0.2) is 12.1 Å². The molecular weight excluding hydrogens is 237 g/mol. The van der Waals surface area contributed by atoms with E-state index in [4.69, 9.17) is 5.73 Å². The second-order valence-corrected chi connectivity index (χ2v) is 7.06. The maximum Gasteiger partial charge on any atom is 0.129 e. The zero-order chi connectivity index (χ0) is 13.3. The highest BCUT2D eigenvalue weighted by molar-refractivity contribution is 5.34. The summed E-state index contributed by atoms with van der Waals surface area (Å²) in [7, 11) is 0. The SMILES string of the molecule is Cc1cc(C(N)C2C3C4CCC(C4)C32)cc(C)c1F. The van der Waals surface area contributed by atoms with E-state index in [1.54, 1.807) is 0 Å². The van der Waals surface area contributed by atoms with Crippen LogP contribution in [0.4, 0.5) is 4.39 Å². The fourth-order valence-corrected chi connectivity index (χ4v) is 5.27. The van der Waals surface area contributed by atoms with Crippen LogP contribution in [0.5, 0.6) is 0 Å². The lowest BCUT2D eigenvalue weighted by molar-refractivity contribution is 0.417. The molecule has 0 aliphatic heterocycles. The smallest absolute Gasteiger partial charge is 0.129 e. The van der Waals surface area contributed by atoms with Gasteiger partial charge >= 0.3 is 0 Å². The van der Waals surface area contributed by atoms with E-state index in [1.807, 2.05) is 26.0 Å². The maximum atomic E-state index is 13.7. The summed E-state index contributed by atoms with van der Waals surface area (Å²) in [4.78, 5) is 0. The van der Waals surface area contributed by atoms with Crippen molar-refractivity contribution in [1.82, 2.24) is 0 Å². The summed E-state index contributed by atoms with van der Waals surface area (Å²) >= 11 is 0. The van der Waals surface area contributed by atoms with Crippen LogP contribution in [0.1, 0.15) is 42.0 Å². The molecule has 2 bridgehead atoms. The molecule has 0 amide bonds. The molecule has 4 rings (SSSR count). The van der Waals surface area contributed by atoms with Gasteiger partial charge in [0.25, 0.3) is 0 Å². The average molecular weight is 259 g/mol. The summed E-state index contributed by atoms with van der Waals surface area (Å²) in [6.07, 6.45) is 4.31. The van der Waals surface area contributed by atoms with Crippen LogP contribution >= 0.6 is 0 Å². The van der Waals surface area contributed by atoms with Crippen LogP contribution in [0.3, 0.4) is 0 Å². The lowest BCUT2D eigenvalue weighted by Gasteiger charge is -2.18. The third-order valence-corrected chi connectivity index (χ3v) is 6.05. The molecule has 0 heterocycles. The molecule has 19 heavy (non-hydrogen) atoms. The van der Waals surface area contributed by atoms with Crippen LogP contribution < -0.4 is 5.73 Å². The summed E-state index contributed by atoms with van der Waals surface area (Å²) in [5.41, 5.74) is 9.13. The molecule has 3 fully saturated rings. The molecule has 3 saturated carbocycles. The van der Waals surface area contributed by atoms with Crippen molar-refractivity contribution in [1.29, 1.82) is 0 Å². The third-order valence-electron chi connectivity index (χ3n) is 6.05. The molecule has 3 aliphatic carbocycles. The summed E-state index contributed by atoms with van der Waals surface area (Å²) < 4.78 is 13.7. The number of fused-ring (bicyclic) bond motifs is 5. The summed E-state index contributed by atoms with van der Waals surface area (Å²) in [6, 6.07) is 4.04. The standard InChI is InChI=1S/C17H22FN/c1-8-5-12(6-9(2)16(8)18)17(19)15-13-10-3-4-11(7-10)14(13)15/h5-6,10-11,13-15,17H,3-4,7,19H2,1-2H3. The van der Waals surface area contributed by atoms with Crippen molar-refractivity contribution >= 4 is 0 Å². The monoisotopic (exact) mass is 259 g/mol. The largest absolute Gasteiger partial charge is 0.324 e. The zero-order valence-corrected chi connectivity index (χ0v) is 11.7. The number of hydrogen-bond acceptors (Lipinski definition) is 1. The van der Waals surface area contributed by atoms with E-state index in [9.17, 15) is 4.39 Å². The van der Waals surface area contributed by atoms with Gasteiger partial charge in [-0.3, -0.25) is 0 Å². The zero-order valence-electron chi connectivity index (χ0n) is 11.7. The Balaban J connectivity index is 1.61. The molecule has 1 nitrogen and oxygen atoms in total. The predicted molar refractivity (Wildman–Crippen MR) is 74.1 cm³/mol. The quantitative estimate of drug-likeness (QED) is 0.860. The Hall–Kier alpha value is -0.890. The molecule has 0 radical (unpaired) electrons. The summed E-state index contributed by atoms with van der Waals surface area (Å²) in [5, 5.41) is 0. The van der Waals surface area contributed by atoms with Gasteiger partial charge in [0.1, 0.15) is 5.82 Å². The van der Waals surface area contributed by atoms with Crippen LogP contribution in [0, 0.1) is 49.3 Å². The molecule has 5 atom stereocenters. The van der Waals surface area contributed by atoms with Crippen molar-refractivity contribution in [3.63, 3.8) is 0 Å². The van der Waals surface area contributed by atoms with Gasteiger partial charge in [0.15, 0.2) is 0 Å². The van der Waals surface area contributed by atoms with Crippen molar-refractivity contribution in [3.8, 4) is 0 Å². The van der Waals surface area contributed by atoms with E-state index < -0.39 is 0 Å². The Kier molecular flexibility index (Phi) is 2.39. The second kappa shape index (κ2) is 3.82. The minimum Gasteiger partial charge on any atom is -0.324 e. The molecule has 102 valence electrons. The average Bonchev–Trinajstić information content (AvgIpc) is 2.82. The van der Waals surface area contributed by atoms with Gasteiger partial charge in [0, 0.05) is 6.04 Å². The van der Waals surface area contributed by atoms with E-state index in [1.165, 1.54) is 19.3 Å². The van der Waals surface area contributed by atoms with Crippen molar-refractivity contribution in [2.75, 3.05) is 0 Å². The number of nitrogens with two attached hydrogens (primary N) is 1.